The van der Waals surface area contributed by atoms with E-state index in [2.05, 4.69) is 49.4 Å². The maximum absolute atomic E-state index is 13.2. The first-order chi connectivity index (χ1) is 16.0. The number of rotatable bonds is 3. The summed E-state index contributed by atoms with van der Waals surface area (Å²) in [6, 6.07) is 5.83. The molecular formula is C27H38N4O3. The summed E-state index contributed by atoms with van der Waals surface area (Å²) in [7, 11) is 0. The number of aliphatic hydroxyl groups is 1. The van der Waals surface area contributed by atoms with Crippen molar-refractivity contribution in [2.75, 3.05) is 31.6 Å². The van der Waals surface area contributed by atoms with E-state index in [1.54, 1.807) is 6.07 Å². The average molecular weight is 467 g/mol. The predicted octanol–water partition coefficient (Wildman–Crippen LogP) is 3.33. The molecule has 2 aromatic rings. The molecule has 7 nitrogen and oxygen atoms in total. The zero-order chi connectivity index (χ0) is 24.8. The third-order valence-electron chi connectivity index (χ3n) is 7.59. The Bertz CT molecular complexity index is 1120. The van der Waals surface area contributed by atoms with Gasteiger partial charge in [0.2, 0.25) is 0 Å². The van der Waals surface area contributed by atoms with Gasteiger partial charge in [0.05, 0.1) is 12.2 Å². The van der Waals surface area contributed by atoms with Gasteiger partial charge in [-0.15, -0.1) is 0 Å². The highest BCUT2D eigenvalue weighted by molar-refractivity contribution is 6.01. The van der Waals surface area contributed by atoms with Crippen molar-refractivity contribution in [1.29, 1.82) is 0 Å². The van der Waals surface area contributed by atoms with Gasteiger partial charge in [0, 0.05) is 66.8 Å². The van der Waals surface area contributed by atoms with Crippen LogP contribution in [0.3, 0.4) is 0 Å². The number of carbonyl (C=O) groups is 2. The molecule has 0 spiro atoms. The van der Waals surface area contributed by atoms with Crippen LogP contribution >= 0.6 is 0 Å². The summed E-state index contributed by atoms with van der Waals surface area (Å²) in [6.07, 6.45) is 2.13. The topological polar surface area (TPSA) is 101 Å². The minimum atomic E-state index is -0.467. The molecule has 2 heterocycles. The Labute approximate surface area is 202 Å². The van der Waals surface area contributed by atoms with Gasteiger partial charge in [-0.1, -0.05) is 20.8 Å². The molecule has 184 valence electrons. The van der Waals surface area contributed by atoms with E-state index in [0.717, 1.165) is 54.1 Å². The van der Waals surface area contributed by atoms with Gasteiger partial charge in [0.15, 0.2) is 5.78 Å². The molecule has 0 saturated carbocycles. The minimum Gasteiger partial charge on any atom is -0.395 e. The molecule has 2 bridgehead atoms. The monoisotopic (exact) mass is 466 g/mol. The van der Waals surface area contributed by atoms with E-state index < -0.39 is 5.91 Å². The highest BCUT2D eigenvalue weighted by Gasteiger charge is 2.37. The molecule has 4 N–H and O–H groups in total. The van der Waals surface area contributed by atoms with Crippen molar-refractivity contribution in [3.63, 3.8) is 0 Å². The van der Waals surface area contributed by atoms with E-state index in [1.165, 1.54) is 0 Å². The summed E-state index contributed by atoms with van der Waals surface area (Å²) in [5.74, 6) is 0.0126. The molecule has 1 aliphatic carbocycles. The van der Waals surface area contributed by atoms with E-state index >= 15 is 0 Å². The summed E-state index contributed by atoms with van der Waals surface area (Å²) in [6.45, 7) is 12.9. The van der Waals surface area contributed by atoms with E-state index in [-0.39, 0.29) is 29.8 Å². The Morgan fingerprint density at radius 2 is 1.97 bits per heavy atom. The smallest absolute Gasteiger partial charge is 0.250 e. The zero-order valence-electron chi connectivity index (χ0n) is 21.1. The molecule has 2 atom stereocenters. The summed E-state index contributed by atoms with van der Waals surface area (Å²) >= 11 is 0. The van der Waals surface area contributed by atoms with Gasteiger partial charge < -0.3 is 25.6 Å². The number of ketones is 1. The fourth-order valence-corrected chi connectivity index (χ4v) is 5.65. The fourth-order valence-electron chi connectivity index (χ4n) is 5.65. The quantitative estimate of drug-likeness (QED) is 0.644. The van der Waals surface area contributed by atoms with Gasteiger partial charge >= 0.3 is 0 Å². The summed E-state index contributed by atoms with van der Waals surface area (Å²) in [5, 5.41) is 13.2. The third kappa shape index (κ3) is 4.51. The van der Waals surface area contributed by atoms with Crippen molar-refractivity contribution in [3.05, 3.63) is 46.3 Å². The second-order valence-corrected chi connectivity index (χ2v) is 10.9. The number of aromatic nitrogens is 1. The summed E-state index contributed by atoms with van der Waals surface area (Å²) < 4.78 is 2.24. The molecule has 0 unspecified atom stereocenters. The van der Waals surface area contributed by atoms with Crippen LogP contribution in [-0.2, 0) is 12.8 Å². The van der Waals surface area contributed by atoms with Crippen LogP contribution in [-0.4, -0.2) is 58.5 Å². The molecule has 0 fully saturated rings. The maximum atomic E-state index is 13.2. The van der Waals surface area contributed by atoms with Gasteiger partial charge in [0.25, 0.3) is 5.91 Å². The number of primary amides is 1. The van der Waals surface area contributed by atoms with Crippen molar-refractivity contribution < 1.29 is 14.7 Å². The Balaban J connectivity index is 1.95. The Kier molecular flexibility index (Phi) is 6.62. The lowest BCUT2D eigenvalue weighted by Gasteiger charge is -2.32. The van der Waals surface area contributed by atoms with Crippen LogP contribution in [0.25, 0.3) is 5.69 Å². The van der Waals surface area contributed by atoms with Crippen LogP contribution in [0.4, 0.5) is 5.69 Å². The number of hydrogen-bond acceptors (Lipinski definition) is 5. The van der Waals surface area contributed by atoms with Crippen molar-refractivity contribution in [2.45, 2.75) is 59.9 Å². The second-order valence-electron chi connectivity index (χ2n) is 10.9. The van der Waals surface area contributed by atoms with Crippen molar-refractivity contribution in [3.8, 4) is 5.69 Å². The first kappa shape index (κ1) is 24.5. The third-order valence-corrected chi connectivity index (χ3v) is 7.59. The number of nitrogens with one attached hydrogen (secondary N) is 1. The molecule has 2 aliphatic rings. The second kappa shape index (κ2) is 9.19. The molecule has 1 aromatic heterocycles. The highest BCUT2D eigenvalue weighted by atomic mass is 16.3. The Morgan fingerprint density at radius 3 is 2.65 bits per heavy atom. The number of anilines is 1. The van der Waals surface area contributed by atoms with Gasteiger partial charge in [-0.2, -0.15) is 0 Å². The van der Waals surface area contributed by atoms with Crippen molar-refractivity contribution in [1.82, 2.24) is 9.47 Å². The van der Waals surface area contributed by atoms with Gasteiger partial charge in [0.1, 0.15) is 0 Å². The number of carbonyl (C=O) groups excluding carboxylic acids is 2. The number of nitrogens with two attached hydrogens (primary N) is 1. The number of nitrogens with zero attached hydrogens (tertiary/aromatic N) is 2. The van der Waals surface area contributed by atoms with Gasteiger partial charge in [-0.25, -0.2) is 0 Å². The Morgan fingerprint density at radius 1 is 1.24 bits per heavy atom. The van der Waals surface area contributed by atoms with Crippen LogP contribution in [0.1, 0.15) is 71.8 Å². The van der Waals surface area contributed by atoms with Crippen LogP contribution in [0.15, 0.2) is 18.2 Å². The number of hydrogen-bond donors (Lipinski definition) is 3. The van der Waals surface area contributed by atoms with Crippen molar-refractivity contribution in [2.24, 2.45) is 17.1 Å². The van der Waals surface area contributed by atoms with Crippen LogP contribution < -0.4 is 11.1 Å². The van der Waals surface area contributed by atoms with Gasteiger partial charge in [-0.3, -0.25) is 9.59 Å². The van der Waals surface area contributed by atoms with E-state index in [4.69, 9.17) is 5.73 Å². The summed E-state index contributed by atoms with van der Waals surface area (Å²) in [4.78, 5) is 27.8. The van der Waals surface area contributed by atoms with Crippen LogP contribution in [0.5, 0.6) is 0 Å². The van der Waals surface area contributed by atoms with Gasteiger partial charge in [-0.05, 0) is 55.4 Å². The lowest BCUT2D eigenvalue weighted by molar-refractivity contribution is 0.0909. The number of aliphatic hydroxyl groups excluding tert-OH is 1. The minimum absolute atomic E-state index is 0.0919. The molecule has 1 amide bonds. The molecule has 34 heavy (non-hydrogen) atoms. The van der Waals surface area contributed by atoms with E-state index in [9.17, 15) is 14.7 Å². The molecule has 0 radical (unpaired) electrons. The Hall–Kier alpha value is -2.64. The molecule has 0 saturated heterocycles. The first-order valence-corrected chi connectivity index (χ1v) is 12.3. The predicted molar refractivity (Wildman–Crippen MR) is 135 cm³/mol. The number of amides is 1. The molecular weight excluding hydrogens is 428 g/mol. The molecule has 1 aliphatic heterocycles. The lowest BCUT2D eigenvalue weighted by atomic mass is 9.75. The van der Waals surface area contributed by atoms with Crippen LogP contribution in [0, 0.1) is 18.3 Å². The summed E-state index contributed by atoms with van der Waals surface area (Å²) in [5.41, 5.74) is 11.8. The highest BCUT2D eigenvalue weighted by Crippen LogP contribution is 2.40. The van der Waals surface area contributed by atoms with Crippen molar-refractivity contribution >= 4 is 17.4 Å². The number of benzene rings is 1. The molecule has 7 heteroatoms. The molecule has 4 rings (SSSR count). The number of Topliss-reactive ketones (excluding diaryl/α,β-unsaturated/α-hetero) is 1. The van der Waals surface area contributed by atoms with E-state index in [1.807, 2.05) is 12.1 Å². The normalized spacial score (nSPS) is 22.7. The molecule has 1 aromatic carbocycles. The average Bonchev–Trinajstić information content (AvgIpc) is 3.01. The first-order valence-electron chi connectivity index (χ1n) is 12.3. The zero-order valence-corrected chi connectivity index (χ0v) is 21.1. The standard InChI is InChI=1S/C27H38N4O3/c1-16-15-30(10-11-32)9-8-22-17(2)25-23(13-27(4,5)14-24(25)33)31(22)19-6-7-20(26(28)34)21(12-19)29-18(16)3/h6-7,12,16,18,29,32H,8-11,13-15H2,1-5H3,(H2,28,34)/t16-,18+/m1/s1. The number of β-amino-alcohol motifs (C(OH)–C–C–N with tert-alkyl or cyclic N) is 1. The maximum Gasteiger partial charge on any atom is 0.250 e. The lowest BCUT2D eigenvalue weighted by Crippen LogP contribution is -2.39. The largest absolute Gasteiger partial charge is 0.395 e. The van der Waals surface area contributed by atoms with E-state index in [0.29, 0.717) is 24.2 Å². The SMILES string of the molecule is Cc1c2c(n3c1CCN(CCO)C[C@@H](C)[C@H](C)Nc1cc-3ccc1C(N)=O)CC(C)(C)CC2=O. The fraction of sp³-hybridized carbons (Fsp3) is 0.556. The number of fused-ring (bicyclic) bond motifs is 6. The van der Waals surface area contributed by atoms with Crippen LogP contribution in [0.2, 0.25) is 0 Å².